The molecule has 1 aromatic heterocycles. The van der Waals surface area contributed by atoms with Crippen LogP contribution in [0.2, 0.25) is 0 Å². The van der Waals surface area contributed by atoms with Gasteiger partial charge in [0.15, 0.2) is 0 Å². The summed E-state index contributed by atoms with van der Waals surface area (Å²) in [7, 11) is 0. The lowest BCUT2D eigenvalue weighted by Gasteiger charge is -2.28. The van der Waals surface area contributed by atoms with E-state index in [9.17, 15) is 4.79 Å². The van der Waals surface area contributed by atoms with Crippen molar-refractivity contribution < 1.29 is 0 Å². The molecule has 0 aromatic carbocycles. The van der Waals surface area contributed by atoms with E-state index in [0.29, 0.717) is 6.04 Å². The van der Waals surface area contributed by atoms with Gasteiger partial charge < -0.3 is 10.3 Å². The van der Waals surface area contributed by atoms with Crippen LogP contribution in [-0.4, -0.2) is 11.5 Å². The minimum atomic E-state index is -0.0180. The highest BCUT2D eigenvalue weighted by atomic mass is 16.1. The van der Waals surface area contributed by atoms with Crippen molar-refractivity contribution >= 4 is 0 Å². The summed E-state index contributed by atoms with van der Waals surface area (Å²) in [6.07, 6.45) is 1.17. The number of hydrogen-bond donors (Lipinski definition) is 2. The number of aromatic amines is 1. The maximum absolute atomic E-state index is 10.9. The summed E-state index contributed by atoms with van der Waals surface area (Å²) in [5.41, 5.74) is 2.19. The van der Waals surface area contributed by atoms with E-state index in [1.165, 1.54) is 12.0 Å². The molecule has 0 unspecified atom stereocenters. The fraction of sp³-hybridized carbons (Fsp3) is 0.444. The molecule has 12 heavy (non-hydrogen) atoms. The maximum Gasteiger partial charge on any atom is 0.248 e. The van der Waals surface area contributed by atoms with Gasteiger partial charge in [0.25, 0.3) is 0 Å². The zero-order valence-electron chi connectivity index (χ0n) is 7.05. The molecule has 0 radical (unpaired) electrons. The zero-order chi connectivity index (χ0) is 8.55. The predicted molar refractivity (Wildman–Crippen MR) is 47.2 cm³/mol. The van der Waals surface area contributed by atoms with Crippen molar-refractivity contribution in [1.82, 2.24) is 10.3 Å². The summed E-state index contributed by atoms with van der Waals surface area (Å²) < 4.78 is 0. The van der Waals surface area contributed by atoms with E-state index in [1.807, 2.05) is 13.0 Å². The Labute approximate surface area is 70.8 Å². The highest BCUT2D eigenvalue weighted by Gasteiger charge is 2.19. The lowest BCUT2D eigenvalue weighted by molar-refractivity contribution is 0.380. The number of H-pyrrole nitrogens is 1. The molecule has 3 nitrogen and oxygen atoms in total. The van der Waals surface area contributed by atoms with Crippen molar-refractivity contribution in [2.75, 3.05) is 6.54 Å². The van der Waals surface area contributed by atoms with E-state index in [1.54, 1.807) is 6.07 Å². The summed E-state index contributed by atoms with van der Waals surface area (Å²) in [6, 6.07) is 3.95. The monoisotopic (exact) mass is 164 g/mol. The first-order valence-electron chi connectivity index (χ1n) is 4.20. The number of aryl methyl sites for hydroxylation is 1. The van der Waals surface area contributed by atoms with Gasteiger partial charge in [0, 0.05) is 17.8 Å². The van der Waals surface area contributed by atoms with Gasteiger partial charge in [-0.2, -0.15) is 0 Å². The largest absolute Gasteiger partial charge is 0.326 e. The Hall–Kier alpha value is -1.09. The highest BCUT2D eigenvalue weighted by molar-refractivity contribution is 5.24. The third kappa shape index (κ3) is 1.16. The third-order valence-electron chi connectivity index (χ3n) is 2.36. The van der Waals surface area contributed by atoms with Crippen LogP contribution in [-0.2, 0) is 0 Å². The number of hydrogen-bond acceptors (Lipinski definition) is 2. The second kappa shape index (κ2) is 2.75. The van der Waals surface area contributed by atoms with Crippen LogP contribution in [0.5, 0.6) is 0 Å². The van der Waals surface area contributed by atoms with Crippen LogP contribution in [0.15, 0.2) is 16.9 Å². The molecule has 1 aliphatic rings. The van der Waals surface area contributed by atoms with E-state index in [-0.39, 0.29) is 5.56 Å². The van der Waals surface area contributed by atoms with E-state index < -0.39 is 0 Å². The Morgan fingerprint density at radius 1 is 1.50 bits per heavy atom. The molecule has 1 fully saturated rings. The van der Waals surface area contributed by atoms with Gasteiger partial charge in [0.1, 0.15) is 0 Å². The van der Waals surface area contributed by atoms with Crippen molar-refractivity contribution in [2.45, 2.75) is 19.4 Å². The molecule has 0 amide bonds. The van der Waals surface area contributed by atoms with Crippen LogP contribution in [0.25, 0.3) is 0 Å². The molecule has 64 valence electrons. The molecule has 2 N–H and O–H groups in total. The topological polar surface area (TPSA) is 44.9 Å². The molecule has 1 aromatic rings. The van der Waals surface area contributed by atoms with Crippen LogP contribution in [0.1, 0.15) is 23.7 Å². The Balaban J connectivity index is 2.37. The fourth-order valence-electron chi connectivity index (χ4n) is 1.52. The number of aromatic nitrogens is 1. The number of rotatable bonds is 1. The zero-order valence-corrected chi connectivity index (χ0v) is 7.05. The molecular formula is C9H12N2O. The summed E-state index contributed by atoms with van der Waals surface area (Å²) in [5.74, 6) is 0. The number of pyridine rings is 1. The summed E-state index contributed by atoms with van der Waals surface area (Å²) >= 11 is 0. The predicted octanol–water partition coefficient (Wildman–Crippen LogP) is 0.718. The molecule has 0 aliphatic carbocycles. The Kier molecular flexibility index (Phi) is 1.73. The van der Waals surface area contributed by atoms with Gasteiger partial charge in [-0.3, -0.25) is 4.79 Å². The molecule has 0 bridgehead atoms. The maximum atomic E-state index is 10.9. The lowest BCUT2D eigenvalue weighted by Crippen LogP contribution is -2.35. The van der Waals surface area contributed by atoms with E-state index >= 15 is 0 Å². The van der Waals surface area contributed by atoms with Crippen molar-refractivity contribution in [1.29, 1.82) is 0 Å². The van der Waals surface area contributed by atoms with Crippen molar-refractivity contribution in [3.63, 3.8) is 0 Å². The molecular weight excluding hydrogens is 152 g/mol. The van der Waals surface area contributed by atoms with Gasteiger partial charge in [0.2, 0.25) is 5.56 Å². The van der Waals surface area contributed by atoms with Gasteiger partial charge in [-0.05, 0) is 25.5 Å². The minimum absolute atomic E-state index is 0.0180. The average molecular weight is 164 g/mol. The van der Waals surface area contributed by atoms with E-state index in [4.69, 9.17) is 0 Å². The van der Waals surface area contributed by atoms with Crippen LogP contribution in [0.3, 0.4) is 0 Å². The smallest absolute Gasteiger partial charge is 0.248 e. The van der Waals surface area contributed by atoms with Gasteiger partial charge in [-0.15, -0.1) is 0 Å². The van der Waals surface area contributed by atoms with Crippen LogP contribution < -0.4 is 10.9 Å². The third-order valence-corrected chi connectivity index (χ3v) is 2.36. The molecule has 1 aliphatic heterocycles. The minimum Gasteiger partial charge on any atom is -0.326 e. The van der Waals surface area contributed by atoms with Gasteiger partial charge in [-0.1, -0.05) is 6.07 Å². The summed E-state index contributed by atoms with van der Waals surface area (Å²) in [6.45, 7) is 3.03. The second-order valence-corrected chi connectivity index (χ2v) is 3.20. The fourth-order valence-corrected chi connectivity index (χ4v) is 1.52. The molecule has 2 heterocycles. The second-order valence-electron chi connectivity index (χ2n) is 3.20. The van der Waals surface area contributed by atoms with Crippen LogP contribution in [0, 0.1) is 6.92 Å². The van der Waals surface area contributed by atoms with Crippen molar-refractivity contribution in [3.05, 3.63) is 33.7 Å². The van der Waals surface area contributed by atoms with E-state index in [2.05, 4.69) is 10.3 Å². The van der Waals surface area contributed by atoms with Gasteiger partial charge in [-0.25, -0.2) is 0 Å². The molecule has 2 rings (SSSR count). The molecule has 1 saturated heterocycles. The molecule has 3 heteroatoms. The SMILES string of the molecule is Cc1[nH]c(=O)ccc1[C@H]1CCN1. The molecule has 1 atom stereocenters. The van der Waals surface area contributed by atoms with Crippen LogP contribution >= 0.6 is 0 Å². The first kappa shape index (κ1) is 7.55. The van der Waals surface area contributed by atoms with E-state index in [0.717, 1.165) is 12.2 Å². The van der Waals surface area contributed by atoms with Crippen LogP contribution in [0.4, 0.5) is 0 Å². The first-order chi connectivity index (χ1) is 5.77. The average Bonchev–Trinajstić information content (AvgIpc) is 1.91. The van der Waals surface area contributed by atoms with Gasteiger partial charge in [0.05, 0.1) is 0 Å². The van der Waals surface area contributed by atoms with Gasteiger partial charge >= 0.3 is 0 Å². The lowest BCUT2D eigenvalue weighted by atomic mass is 9.97. The Morgan fingerprint density at radius 2 is 2.25 bits per heavy atom. The van der Waals surface area contributed by atoms with Crippen molar-refractivity contribution in [3.8, 4) is 0 Å². The molecule has 0 spiro atoms. The summed E-state index contributed by atoms with van der Waals surface area (Å²) in [5, 5.41) is 3.30. The van der Waals surface area contributed by atoms with Crippen molar-refractivity contribution in [2.24, 2.45) is 0 Å². The Morgan fingerprint density at radius 3 is 2.75 bits per heavy atom. The highest BCUT2D eigenvalue weighted by Crippen LogP contribution is 2.23. The quantitative estimate of drug-likeness (QED) is 0.642. The first-order valence-corrected chi connectivity index (χ1v) is 4.20. The molecule has 0 saturated carbocycles. The Bertz CT molecular complexity index is 339. The standard InChI is InChI=1S/C9H12N2O/c1-6-7(8-4-5-10-8)2-3-9(12)11-6/h2-3,8,10H,4-5H2,1H3,(H,11,12)/t8-/m1/s1. The number of nitrogens with one attached hydrogen (secondary N) is 2. The normalized spacial score (nSPS) is 21.9. The summed E-state index contributed by atoms with van der Waals surface area (Å²) in [4.78, 5) is 13.7.